The molecule has 0 amide bonds. The SMILES string of the molecule is CCNCc1noc(-c2ccc(OC)cc2)c1C. The Balaban J connectivity index is 2.24. The molecule has 96 valence electrons. The predicted octanol–water partition coefficient (Wildman–Crippen LogP) is 2.77. The van der Waals surface area contributed by atoms with Gasteiger partial charge in [-0.25, -0.2) is 0 Å². The molecule has 1 aromatic heterocycles. The second kappa shape index (κ2) is 5.69. The van der Waals surface area contributed by atoms with E-state index in [2.05, 4.69) is 17.4 Å². The molecule has 0 saturated heterocycles. The highest BCUT2D eigenvalue weighted by molar-refractivity contribution is 5.62. The first-order chi connectivity index (χ1) is 8.76. The summed E-state index contributed by atoms with van der Waals surface area (Å²) < 4.78 is 10.6. The van der Waals surface area contributed by atoms with Crippen LogP contribution >= 0.6 is 0 Å². The summed E-state index contributed by atoms with van der Waals surface area (Å²) in [5, 5.41) is 7.35. The highest BCUT2D eigenvalue weighted by Gasteiger charge is 2.13. The first-order valence-electron chi connectivity index (χ1n) is 6.06. The monoisotopic (exact) mass is 246 g/mol. The van der Waals surface area contributed by atoms with Gasteiger partial charge in [0.25, 0.3) is 0 Å². The molecule has 0 saturated carbocycles. The molecule has 1 N–H and O–H groups in total. The molecule has 0 aliphatic heterocycles. The topological polar surface area (TPSA) is 47.3 Å². The van der Waals surface area contributed by atoms with Crippen molar-refractivity contribution in [3.63, 3.8) is 0 Å². The van der Waals surface area contributed by atoms with E-state index in [0.717, 1.165) is 41.4 Å². The molecule has 1 aromatic carbocycles. The first kappa shape index (κ1) is 12.6. The molecule has 0 aliphatic carbocycles. The number of hydrogen-bond donors (Lipinski definition) is 1. The summed E-state index contributed by atoms with van der Waals surface area (Å²) in [6.07, 6.45) is 0. The van der Waals surface area contributed by atoms with E-state index in [0.29, 0.717) is 0 Å². The lowest BCUT2D eigenvalue weighted by atomic mass is 10.1. The van der Waals surface area contributed by atoms with Crippen molar-refractivity contribution in [1.82, 2.24) is 10.5 Å². The van der Waals surface area contributed by atoms with Crippen molar-refractivity contribution >= 4 is 0 Å². The second-order valence-corrected chi connectivity index (χ2v) is 4.09. The van der Waals surface area contributed by atoms with E-state index in [1.54, 1.807) is 7.11 Å². The van der Waals surface area contributed by atoms with Gasteiger partial charge in [0.05, 0.1) is 7.11 Å². The van der Waals surface area contributed by atoms with Gasteiger partial charge in [-0.15, -0.1) is 0 Å². The third kappa shape index (κ3) is 2.54. The van der Waals surface area contributed by atoms with Gasteiger partial charge in [0, 0.05) is 17.7 Å². The Morgan fingerprint density at radius 1 is 1.28 bits per heavy atom. The zero-order valence-electron chi connectivity index (χ0n) is 11.0. The number of nitrogens with zero attached hydrogens (tertiary/aromatic N) is 1. The van der Waals surface area contributed by atoms with E-state index < -0.39 is 0 Å². The molecular formula is C14H18N2O2. The summed E-state index contributed by atoms with van der Waals surface area (Å²) in [4.78, 5) is 0. The molecule has 2 aromatic rings. The van der Waals surface area contributed by atoms with Crippen molar-refractivity contribution in [3.8, 4) is 17.1 Å². The summed E-state index contributed by atoms with van der Waals surface area (Å²) in [6.45, 7) is 5.76. The Morgan fingerprint density at radius 3 is 2.61 bits per heavy atom. The molecule has 2 rings (SSSR count). The number of aromatic nitrogens is 1. The lowest BCUT2D eigenvalue weighted by Crippen LogP contribution is -2.12. The molecule has 0 bridgehead atoms. The second-order valence-electron chi connectivity index (χ2n) is 4.09. The summed E-state index contributed by atoms with van der Waals surface area (Å²) in [5.41, 5.74) is 3.06. The van der Waals surface area contributed by atoms with Crippen LogP contribution in [0.3, 0.4) is 0 Å². The minimum atomic E-state index is 0.738. The number of ether oxygens (including phenoxy) is 1. The Kier molecular flexibility index (Phi) is 3.99. The summed E-state index contributed by atoms with van der Waals surface area (Å²) in [6, 6.07) is 7.79. The van der Waals surface area contributed by atoms with Gasteiger partial charge in [-0.1, -0.05) is 12.1 Å². The number of nitrogens with one attached hydrogen (secondary N) is 1. The molecule has 0 unspecified atom stereocenters. The summed E-state index contributed by atoms with van der Waals surface area (Å²) >= 11 is 0. The van der Waals surface area contributed by atoms with Crippen LogP contribution in [-0.2, 0) is 6.54 Å². The van der Waals surface area contributed by atoms with Gasteiger partial charge in [0.15, 0.2) is 5.76 Å². The van der Waals surface area contributed by atoms with Crippen LogP contribution in [0.5, 0.6) is 5.75 Å². The van der Waals surface area contributed by atoms with Crippen molar-refractivity contribution in [2.24, 2.45) is 0 Å². The van der Waals surface area contributed by atoms with Crippen molar-refractivity contribution < 1.29 is 9.26 Å². The largest absolute Gasteiger partial charge is 0.497 e. The Labute approximate surface area is 107 Å². The fraction of sp³-hybridized carbons (Fsp3) is 0.357. The lowest BCUT2D eigenvalue weighted by molar-refractivity contribution is 0.413. The minimum absolute atomic E-state index is 0.738. The Morgan fingerprint density at radius 2 is 2.00 bits per heavy atom. The molecular weight excluding hydrogens is 228 g/mol. The molecule has 0 aliphatic rings. The number of hydrogen-bond acceptors (Lipinski definition) is 4. The lowest BCUT2D eigenvalue weighted by Gasteiger charge is -2.01. The number of methoxy groups -OCH3 is 1. The van der Waals surface area contributed by atoms with E-state index in [-0.39, 0.29) is 0 Å². The van der Waals surface area contributed by atoms with E-state index in [1.807, 2.05) is 31.2 Å². The number of rotatable bonds is 5. The highest BCUT2D eigenvalue weighted by Crippen LogP contribution is 2.27. The smallest absolute Gasteiger partial charge is 0.170 e. The average Bonchev–Trinajstić information content (AvgIpc) is 2.78. The Bertz CT molecular complexity index is 503. The maximum absolute atomic E-state index is 5.42. The zero-order valence-corrected chi connectivity index (χ0v) is 11.0. The molecule has 18 heavy (non-hydrogen) atoms. The van der Waals surface area contributed by atoms with Crippen molar-refractivity contribution in [2.45, 2.75) is 20.4 Å². The average molecular weight is 246 g/mol. The van der Waals surface area contributed by atoms with Crippen LogP contribution in [0.15, 0.2) is 28.8 Å². The molecule has 0 spiro atoms. The third-order valence-electron chi connectivity index (χ3n) is 2.92. The quantitative estimate of drug-likeness (QED) is 0.881. The van der Waals surface area contributed by atoms with Gasteiger partial charge in [-0.05, 0) is 37.7 Å². The normalized spacial score (nSPS) is 10.6. The van der Waals surface area contributed by atoms with E-state index >= 15 is 0 Å². The molecule has 0 radical (unpaired) electrons. The van der Waals surface area contributed by atoms with Gasteiger partial charge in [-0.2, -0.15) is 0 Å². The molecule has 0 atom stereocenters. The van der Waals surface area contributed by atoms with Crippen LogP contribution in [0.4, 0.5) is 0 Å². The van der Waals surface area contributed by atoms with Crippen molar-refractivity contribution in [2.75, 3.05) is 13.7 Å². The van der Waals surface area contributed by atoms with Crippen molar-refractivity contribution in [3.05, 3.63) is 35.5 Å². The van der Waals surface area contributed by atoms with Crippen molar-refractivity contribution in [1.29, 1.82) is 0 Å². The van der Waals surface area contributed by atoms with Crippen LogP contribution in [0.2, 0.25) is 0 Å². The fourth-order valence-corrected chi connectivity index (χ4v) is 1.79. The molecule has 4 nitrogen and oxygen atoms in total. The highest BCUT2D eigenvalue weighted by atomic mass is 16.5. The van der Waals surface area contributed by atoms with Gasteiger partial charge in [0.2, 0.25) is 0 Å². The van der Waals surface area contributed by atoms with E-state index in [1.165, 1.54) is 0 Å². The standard InChI is InChI=1S/C14H18N2O2/c1-4-15-9-13-10(2)14(18-16-13)11-5-7-12(17-3)8-6-11/h5-8,15H,4,9H2,1-3H3. The van der Waals surface area contributed by atoms with Crippen LogP contribution in [0.25, 0.3) is 11.3 Å². The van der Waals surface area contributed by atoms with Crippen LogP contribution in [0.1, 0.15) is 18.2 Å². The first-order valence-corrected chi connectivity index (χ1v) is 6.06. The van der Waals surface area contributed by atoms with E-state index in [9.17, 15) is 0 Å². The van der Waals surface area contributed by atoms with Crippen LogP contribution in [0, 0.1) is 6.92 Å². The van der Waals surface area contributed by atoms with Gasteiger partial charge < -0.3 is 14.6 Å². The molecule has 1 heterocycles. The fourth-order valence-electron chi connectivity index (χ4n) is 1.79. The van der Waals surface area contributed by atoms with E-state index in [4.69, 9.17) is 9.26 Å². The predicted molar refractivity (Wildman–Crippen MR) is 70.6 cm³/mol. The maximum Gasteiger partial charge on any atom is 0.170 e. The third-order valence-corrected chi connectivity index (χ3v) is 2.92. The van der Waals surface area contributed by atoms with Gasteiger partial charge >= 0.3 is 0 Å². The maximum atomic E-state index is 5.42. The number of benzene rings is 1. The molecule has 4 heteroatoms. The van der Waals surface area contributed by atoms with Gasteiger partial charge in [-0.3, -0.25) is 0 Å². The van der Waals surface area contributed by atoms with Gasteiger partial charge in [0.1, 0.15) is 11.4 Å². The summed E-state index contributed by atoms with van der Waals surface area (Å²) in [7, 11) is 1.66. The zero-order chi connectivity index (χ0) is 13.0. The van der Waals surface area contributed by atoms with Crippen LogP contribution in [-0.4, -0.2) is 18.8 Å². The summed E-state index contributed by atoms with van der Waals surface area (Å²) in [5.74, 6) is 1.66. The molecule has 0 fully saturated rings. The minimum Gasteiger partial charge on any atom is -0.497 e. The van der Waals surface area contributed by atoms with Crippen LogP contribution < -0.4 is 10.1 Å². The Hall–Kier alpha value is -1.81.